The molecule has 0 saturated carbocycles. The van der Waals surface area contributed by atoms with Crippen LogP contribution >= 0.6 is 0 Å². The molecule has 3 rings (SSSR count). The lowest BCUT2D eigenvalue weighted by atomic mass is 9.89. The van der Waals surface area contributed by atoms with E-state index < -0.39 is 29.5 Å². The molecule has 1 fully saturated rings. The number of amides is 1. The van der Waals surface area contributed by atoms with Gasteiger partial charge in [-0.05, 0) is 30.7 Å². The van der Waals surface area contributed by atoms with Gasteiger partial charge in [0, 0.05) is 26.1 Å². The van der Waals surface area contributed by atoms with E-state index in [1.54, 1.807) is 6.92 Å². The Morgan fingerprint density at radius 2 is 1.88 bits per heavy atom. The molecule has 0 spiro atoms. The zero-order valence-corrected chi connectivity index (χ0v) is 14.4. The Balaban J connectivity index is 1.72. The number of ether oxygens (including phenoxy) is 1. The van der Waals surface area contributed by atoms with Gasteiger partial charge in [0.25, 0.3) is 5.91 Å². The number of benzene rings is 1. The SMILES string of the molecule is CC(NC(=O)c1ccoc1C1(O)CCOCC1)C(O)c1ccc(F)cc1. The summed E-state index contributed by atoms with van der Waals surface area (Å²) in [6.45, 7) is 2.42. The van der Waals surface area contributed by atoms with Crippen molar-refractivity contribution in [2.24, 2.45) is 0 Å². The number of hydrogen-bond donors (Lipinski definition) is 3. The highest BCUT2D eigenvalue weighted by atomic mass is 19.1. The second kappa shape index (κ2) is 7.57. The predicted molar refractivity (Wildman–Crippen MR) is 90.9 cm³/mol. The van der Waals surface area contributed by atoms with E-state index in [1.807, 2.05) is 0 Å². The number of aliphatic hydroxyl groups is 2. The van der Waals surface area contributed by atoms with Gasteiger partial charge in [0.15, 0.2) is 0 Å². The molecule has 3 N–H and O–H groups in total. The van der Waals surface area contributed by atoms with Crippen LogP contribution in [0.25, 0.3) is 0 Å². The van der Waals surface area contributed by atoms with Crippen molar-refractivity contribution in [1.29, 1.82) is 0 Å². The summed E-state index contributed by atoms with van der Waals surface area (Å²) in [7, 11) is 0. The number of carbonyl (C=O) groups excluding carboxylic acids is 1. The van der Waals surface area contributed by atoms with Crippen LogP contribution in [0.5, 0.6) is 0 Å². The maximum atomic E-state index is 13.0. The Morgan fingerprint density at radius 1 is 1.23 bits per heavy atom. The van der Waals surface area contributed by atoms with E-state index in [1.165, 1.54) is 36.6 Å². The molecule has 1 amide bonds. The molecule has 6 nitrogen and oxygen atoms in total. The van der Waals surface area contributed by atoms with Crippen LogP contribution in [0, 0.1) is 5.82 Å². The first-order chi connectivity index (χ1) is 12.4. The molecular weight excluding hydrogens is 341 g/mol. The van der Waals surface area contributed by atoms with E-state index in [4.69, 9.17) is 9.15 Å². The summed E-state index contributed by atoms with van der Waals surface area (Å²) < 4.78 is 23.7. The van der Waals surface area contributed by atoms with E-state index in [-0.39, 0.29) is 11.3 Å². The van der Waals surface area contributed by atoms with Gasteiger partial charge < -0.3 is 24.7 Å². The maximum Gasteiger partial charge on any atom is 0.255 e. The molecular formula is C19H22FNO5. The Kier molecular flexibility index (Phi) is 5.41. The fraction of sp³-hybridized carbons (Fsp3) is 0.421. The van der Waals surface area contributed by atoms with Gasteiger partial charge in [-0.15, -0.1) is 0 Å². The Hall–Kier alpha value is -2.22. The standard InChI is InChI=1S/C19H22FNO5/c1-12(16(22)13-2-4-14(20)5-3-13)21-18(23)15-6-9-26-17(15)19(24)7-10-25-11-8-19/h2-6,9,12,16,22,24H,7-8,10-11H2,1H3,(H,21,23). The van der Waals surface area contributed by atoms with Crippen LogP contribution < -0.4 is 5.32 Å². The fourth-order valence-corrected chi connectivity index (χ4v) is 3.10. The zero-order chi connectivity index (χ0) is 18.7. The number of furan rings is 1. The van der Waals surface area contributed by atoms with Crippen LogP contribution in [-0.4, -0.2) is 35.4 Å². The van der Waals surface area contributed by atoms with E-state index >= 15 is 0 Å². The summed E-state index contributed by atoms with van der Waals surface area (Å²) in [6, 6.07) is 6.31. The van der Waals surface area contributed by atoms with Gasteiger partial charge in [-0.25, -0.2) is 4.39 Å². The summed E-state index contributed by atoms with van der Waals surface area (Å²) in [4.78, 5) is 12.6. The maximum absolute atomic E-state index is 13.0. The van der Waals surface area contributed by atoms with Crippen molar-refractivity contribution in [1.82, 2.24) is 5.32 Å². The van der Waals surface area contributed by atoms with E-state index in [2.05, 4.69) is 5.32 Å². The van der Waals surface area contributed by atoms with Gasteiger partial charge in [0.05, 0.1) is 24.0 Å². The monoisotopic (exact) mass is 363 g/mol. The first-order valence-corrected chi connectivity index (χ1v) is 8.53. The molecule has 1 aromatic carbocycles. The van der Waals surface area contributed by atoms with Gasteiger partial charge in [-0.2, -0.15) is 0 Å². The van der Waals surface area contributed by atoms with Crippen LogP contribution in [0.2, 0.25) is 0 Å². The molecule has 1 aromatic heterocycles. The van der Waals surface area contributed by atoms with Crippen LogP contribution in [0.1, 0.15) is 47.6 Å². The third kappa shape index (κ3) is 3.80. The summed E-state index contributed by atoms with van der Waals surface area (Å²) in [5, 5.41) is 23.8. The number of aliphatic hydroxyl groups excluding tert-OH is 1. The van der Waals surface area contributed by atoms with Crippen molar-refractivity contribution in [3.63, 3.8) is 0 Å². The average Bonchev–Trinajstić information content (AvgIpc) is 3.13. The Bertz CT molecular complexity index is 752. The first-order valence-electron chi connectivity index (χ1n) is 8.53. The fourth-order valence-electron chi connectivity index (χ4n) is 3.10. The third-order valence-electron chi connectivity index (χ3n) is 4.70. The quantitative estimate of drug-likeness (QED) is 0.758. The van der Waals surface area contributed by atoms with E-state index in [0.717, 1.165) is 0 Å². The summed E-state index contributed by atoms with van der Waals surface area (Å²) in [5.41, 5.74) is -0.519. The van der Waals surface area contributed by atoms with Crippen LogP contribution in [-0.2, 0) is 10.3 Å². The van der Waals surface area contributed by atoms with E-state index in [0.29, 0.717) is 31.6 Å². The summed E-state index contributed by atoms with van der Waals surface area (Å²) >= 11 is 0. The van der Waals surface area contributed by atoms with Crippen molar-refractivity contribution >= 4 is 5.91 Å². The smallest absolute Gasteiger partial charge is 0.255 e. The molecule has 0 aliphatic carbocycles. The number of carbonyl (C=O) groups is 1. The largest absolute Gasteiger partial charge is 0.465 e. The lowest BCUT2D eigenvalue weighted by Crippen LogP contribution is -2.39. The second-order valence-corrected chi connectivity index (χ2v) is 6.57. The van der Waals surface area contributed by atoms with Gasteiger partial charge in [-0.1, -0.05) is 12.1 Å². The molecule has 7 heteroatoms. The molecule has 26 heavy (non-hydrogen) atoms. The van der Waals surface area contributed by atoms with Gasteiger partial charge >= 0.3 is 0 Å². The van der Waals surface area contributed by atoms with E-state index in [9.17, 15) is 19.4 Å². The summed E-state index contributed by atoms with van der Waals surface area (Å²) in [5.74, 6) is -0.644. The average molecular weight is 363 g/mol. The third-order valence-corrected chi connectivity index (χ3v) is 4.70. The first kappa shape index (κ1) is 18.6. The Labute approximate surface area is 150 Å². The minimum absolute atomic E-state index is 0.210. The zero-order valence-electron chi connectivity index (χ0n) is 14.4. The van der Waals surface area contributed by atoms with Crippen LogP contribution in [0.4, 0.5) is 4.39 Å². The molecule has 2 atom stereocenters. The highest BCUT2D eigenvalue weighted by Gasteiger charge is 2.38. The van der Waals surface area contributed by atoms with Crippen molar-refractivity contribution < 1.29 is 28.6 Å². The van der Waals surface area contributed by atoms with Crippen molar-refractivity contribution in [3.8, 4) is 0 Å². The predicted octanol–water partition coefficient (Wildman–Crippen LogP) is 2.27. The molecule has 1 aliphatic heterocycles. The molecule has 2 aromatic rings. The van der Waals surface area contributed by atoms with Gasteiger partial charge in [0.1, 0.15) is 17.2 Å². The second-order valence-electron chi connectivity index (χ2n) is 6.57. The number of rotatable bonds is 5. The van der Waals surface area contributed by atoms with Gasteiger partial charge in [-0.3, -0.25) is 4.79 Å². The van der Waals surface area contributed by atoms with Crippen LogP contribution in [0.3, 0.4) is 0 Å². The number of halogens is 1. The number of hydrogen-bond acceptors (Lipinski definition) is 5. The van der Waals surface area contributed by atoms with Gasteiger partial charge in [0.2, 0.25) is 0 Å². The van der Waals surface area contributed by atoms with Crippen molar-refractivity contribution in [3.05, 3.63) is 59.3 Å². The molecule has 140 valence electrons. The lowest BCUT2D eigenvalue weighted by molar-refractivity contribution is -0.0804. The van der Waals surface area contributed by atoms with Crippen molar-refractivity contribution in [2.45, 2.75) is 37.5 Å². The molecule has 2 unspecified atom stereocenters. The highest BCUT2D eigenvalue weighted by Crippen LogP contribution is 2.34. The highest BCUT2D eigenvalue weighted by molar-refractivity contribution is 5.95. The lowest BCUT2D eigenvalue weighted by Gasteiger charge is -2.31. The molecule has 1 saturated heterocycles. The Morgan fingerprint density at radius 3 is 2.54 bits per heavy atom. The van der Waals surface area contributed by atoms with Crippen LogP contribution in [0.15, 0.2) is 41.0 Å². The molecule has 0 radical (unpaired) electrons. The minimum Gasteiger partial charge on any atom is -0.465 e. The normalized spacial score (nSPS) is 18.9. The summed E-state index contributed by atoms with van der Waals surface area (Å²) in [6.07, 6.45) is 1.04. The molecule has 0 bridgehead atoms. The van der Waals surface area contributed by atoms with Crippen molar-refractivity contribution in [2.75, 3.05) is 13.2 Å². The number of nitrogens with one attached hydrogen (secondary N) is 1. The molecule has 2 heterocycles. The molecule has 1 aliphatic rings. The topological polar surface area (TPSA) is 91.9 Å². The minimum atomic E-state index is -1.24.